The van der Waals surface area contributed by atoms with Crippen LogP contribution in [0.3, 0.4) is 0 Å². The molecule has 34 heavy (non-hydrogen) atoms. The van der Waals surface area contributed by atoms with Gasteiger partial charge in [0.25, 0.3) is 0 Å². The van der Waals surface area contributed by atoms with E-state index in [0.29, 0.717) is 29.6 Å². The van der Waals surface area contributed by atoms with Crippen molar-refractivity contribution in [2.24, 2.45) is 40.4 Å². The third-order valence-corrected chi connectivity index (χ3v) is 16.3. The van der Waals surface area contributed by atoms with Gasteiger partial charge in [0.2, 0.25) is 0 Å². The number of ketones is 1. The summed E-state index contributed by atoms with van der Waals surface area (Å²) in [5.74, 6) is 1.52. The summed E-state index contributed by atoms with van der Waals surface area (Å²) in [6.07, 6.45) is 7.23. The van der Waals surface area contributed by atoms with Gasteiger partial charge in [-0.3, -0.25) is 4.79 Å². The van der Waals surface area contributed by atoms with Crippen LogP contribution in [0.5, 0.6) is 0 Å². The first-order chi connectivity index (χ1) is 15.5. The van der Waals surface area contributed by atoms with Gasteiger partial charge in [-0.1, -0.05) is 41.5 Å². The Balaban J connectivity index is 1.51. The molecule has 4 saturated carbocycles. The van der Waals surface area contributed by atoms with E-state index in [9.17, 15) is 4.79 Å². The summed E-state index contributed by atoms with van der Waals surface area (Å²) >= 11 is 0. The molecule has 5 rings (SSSR count). The zero-order chi connectivity index (χ0) is 25.1. The van der Waals surface area contributed by atoms with Crippen molar-refractivity contribution >= 4 is 14.1 Å². The van der Waals surface area contributed by atoms with E-state index in [1.54, 1.807) is 0 Å². The molecule has 0 N–H and O–H groups in total. The lowest BCUT2D eigenvalue weighted by atomic mass is 9.43. The van der Waals surface area contributed by atoms with Gasteiger partial charge >= 0.3 is 0 Å². The lowest BCUT2D eigenvalue weighted by molar-refractivity contribution is -0.189. The number of ether oxygens (including phenoxy) is 2. The molecule has 0 radical (unpaired) electrons. The first kappa shape index (κ1) is 25.4. The zero-order valence-electron chi connectivity index (χ0n) is 23.5. The van der Waals surface area contributed by atoms with Crippen molar-refractivity contribution in [3.8, 4) is 0 Å². The van der Waals surface area contributed by atoms with Gasteiger partial charge in [0.15, 0.2) is 14.1 Å². The molecule has 0 aromatic carbocycles. The predicted octanol–water partition coefficient (Wildman–Crippen LogP) is 6.97. The lowest BCUT2D eigenvalue weighted by Crippen LogP contribution is -2.65. The maximum Gasteiger partial charge on any atom is 0.192 e. The molecule has 1 heterocycles. The molecule has 0 aromatic heterocycles. The first-order valence-corrected chi connectivity index (χ1v) is 17.0. The van der Waals surface area contributed by atoms with Crippen molar-refractivity contribution in [3.05, 3.63) is 0 Å². The van der Waals surface area contributed by atoms with Crippen molar-refractivity contribution in [1.29, 1.82) is 0 Å². The highest BCUT2D eigenvalue weighted by molar-refractivity contribution is 6.74. The smallest absolute Gasteiger partial charge is 0.192 e. The van der Waals surface area contributed by atoms with Gasteiger partial charge in [0.05, 0.1) is 24.2 Å². The van der Waals surface area contributed by atoms with Crippen LogP contribution in [0.4, 0.5) is 0 Å². The zero-order valence-corrected chi connectivity index (χ0v) is 24.5. The predicted molar refractivity (Wildman–Crippen MR) is 138 cm³/mol. The Hall–Kier alpha value is -0.233. The monoisotopic (exact) mass is 490 g/mol. The fraction of sp³-hybridized carbons (Fsp3) is 0.966. The van der Waals surface area contributed by atoms with Gasteiger partial charge in [-0.15, -0.1) is 0 Å². The van der Waals surface area contributed by atoms with Gasteiger partial charge in [0.1, 0.15) is 5.78 Å². The van der Waals surface area contributed by atoms with Crippen LogP contribution in [-0.2, 0) is 18.7 Å². The second kappa shape index (κ2) is 7.64. The molecule has 5 heteroatoms. The normalized spacial score (nSPS) is 50.4. The first-order valence-electron chi connectivity index (χ1n) is 14.1. The number of Topliss-reactive ketones (excluding diaryl/α,β-unsaturated/α-hetero) is 1. The molecular formula is C29H50O4Si. The van der Waals surface area contributed by atoms with Gasteiger partial charge in [-0.05, 0) is 99.1 Å². The summed E-state index contributed by atoms with van der Waals surface area (Å²) in [7, 11) is -1.85. The van der Waals surface area contributed by atoms with Gasteiger partial charge in [0, 0.05) is 5.92 Å². The van der Waals surface area contributed by atoms with Gasteiger partial charge in [-0.2, -0.15) is 0 Å². The highest BCUT2D eigenvalue weighted by Crippen LogP contribution is 2.68. The molecule has 0 spiro atoms. The number of carbonyl (C=O) groups excluding carboxylic acids is 1. The van der Waals surface area contributed by atoms with Crippen LogP contribution in [0, 0.1) is 40.4 Å². The molecule has 0 amide bonds. The molecule has 4 aliphatic carbocycles. The molecule has 0 bridgehead atoms. The highest BCUT2D eigenvalue weighted by Gasteiger charge is 2.70. The molecule has 5 aliphatic rings. The second-order valence-electron chi connectivity index (χ2n) is 15.2. The number of fused-ring (bicyclic) bond motifs is 8. The van der Waals surface area contributed by atoms with E-state index >= 15 is 0 Å². The third kappa shape index (κ3) is 3.49. The topological polar surface area (TPSA) is 44.8 Å². The Morgan fingerprint density at radius 3 is 2.12 bits per heavy atom. The maximum absolute atomic E-state index is 13.6. The van der Waals surface area contributed by atoms with Crippen molar-refractivity contribution in [3.63, 3.8) is 0 Å². The average molecular weight is 491 g/mol. The fourth-order valence-electron chi connectivity index (χ4n) is 8.88. The number of rotatable bonds is 2. The standard InChI is InChI=1S/C29H50O4Si/c1-17-13-15-29(8)19-14-16-28(7)18(11-12-20(28)33-34(9,10)26(2,3)4)21(19)24-25(22(29)23(17)30)32-27(5,6)31-24/h17-22,24-25H,11-16H2,1-10H3/t17-,18?,19?,20-,21?,22?,24+,25+,28-,29+/m0/s1. The van der Waals surface area contributed by atoms with E-state index < -0.39 is 14.1 Å². The van der Waals surface area contributed by atoms with Crippen LogP contribution in [0.2, 0.25) is 18.1 Å². The summed E-state index contributed by atoms with van der Waals surface area (Å²) in [5.41, 5.74) is 0.214. The van der Waals surface area contributed by atoms with E-state index in [0.717, 1.165) is 19.3 Å². The van der Waals surface area contributed by atoms with Crippen LogP contribution in [0.25, 0.3) is 0 Å². The Kier molecular flexibility index (Phi) is 5.72. The Labute approximate surface area is 209 Å². The minimum Gasteiger partial charge on any atom is -0.413 e. The van der Waals surface area contributed by atoms with Crippen LogP contribution in [0.1, 0.15) is 93.9 Å². The largest absolute Gasteiger partial charge is 0.413 e. The molecule has 4 unspecified atom stereocenters. The third-order valence-electron chi connectivity index (χ3n) is 11.8. The van der Waals surface area contributed by atoms with Crippen LogP contribution < -0.4 is 0 Å². The molecule has 0 aromatic rings. The number of carbonyl (C=O) groups is 1. The number of hydrogen-bond donors (Lipinski definition) is 0. The minimum absolute atomic E-state index is 0.0192. The van der Waals surface area contributed by atoms with Crippen molar-refractivity contribution in [2.45, 2.75) is 136 Å². The summed E-state index contributed by atoms with van der Waals surface area (Å²) < 4.78 is 20.5. The van der Waals surface area contributed by atoms with E-state index in [-0.39, 0.29) is 39.9 Å². The van der Waals surface area contributed by atoms with Crippen molar-refractivity contribution in [2.75, 3.05) is 0 Å². The van der Waals surface area contributed by atoms with E-state index in [1.165, 1.54) is 19.3 Å². The number of hydrogen-bond acceptors (Lipinski definition) is 4. The SMILES string of the molecule is C[C@H]1CC[C@]2(C)C3CC[C@@]4(C)C(CC[C@@H]4O[Si](C)(C)C(C)(C)C)C3[C@H]3OC(C)(C)O[C@@H]3C2C1=O. The molecule has 5 fully saturated rings. The molecule has 1 saturated heterocycles. The summed E-state index contributed by atoms with van der Waals surface area (Å²) in [6, 6.07) is 0. The van der Waals surface area contributed by atoms with Crippen molar-refractivity contribution < 1.29 is 18.7 Å². The molecule has 194 valence electrons. The van der Waals surface area contributed by atoms with Crippen LogP contribution in [0.15, 0.2) is 0 Å². The molecule has 4 nitrogen and oxygen atoms in total. The Bertz CT molecular complexity index is 846. The summed E-state index contributed by atoms with van der Waals surface area (Å²) in [5, 5.41) is 0.223. The van der Waals surface area contributed by atoms with Gasteiger partial charge < -0.3 is 13.9 Å². The van der Waals surface area contributed by atoms with Crippen molar-refractivity contribution in [1.82, 2.24) is 0 Å². The fourth-order valence-corrected chi connectivity index (χ4v) is 10.3. The van der Waals surface area contributed by atoms with Crippen LogP contribution in [-0.4, -0.2) is 38.2 Å². The van der Waals surface area contributed by atoms with Crippen LogP contribution >= 0.6 is 0 Å². The highest BCUT2D eigenvalue weighted by atomic mass is 28.4. The lowest BCUT2D eigenvalue weighted by Gasteiger charge is -2.62. The maximum atomic E-state index is 13.6. The second-order valence-corrected chi connectivity index (χ2v) is 19.9. The molecule has 1 aliphatic heterocycles. The minimum atomic E-state index is -1.85. The molecule has 10 atom stereocenters. The summed E-state index contributed by atoms with van der Waals surface area (Å²) in [6.45, 7) is 23.1. The van der Waals surface area contributed by atoms with E-state index in [4.69, 9.17) is 13.9 Å². The van der Waals surface area contributed by atoms with Gasteiger partial charge in [-0.25, -0.2) is 0 Å². The Morgan fingerprint density at radius 2 is 1.47 bits per heavy atom. The average Bonchev–Trinajstić information content (AvgIpc) is 3.19. The van der Waals surface area contributed by atoms with E-state index in [2.05, 4.69) is 68.5 Å². The Morgan fingerprint density at radius 1 is 0.882 bits per heavy atom. The quantitative estimate of drug-likeness (QED) is 0.392. The summed E-state index contributed by atoms with van der Waals surface area (Å²) in [4.78, 5) is 13.6. The molecular weight excluding hydrogens is 440 g/mol. The van der Waals surface area contributed by atoms with E-state index in [1.807, 2.05) is 0 Å².